The third-order valence-corrected chi connectivity index (χ3v) is 8.38. The lowest BCUT2D eigenvalue weighted by Crippen LogP contribution is -2.71. The Labute approximate surface area is 200 Å². The molecule has 4 nitrogen and oxygen atoms in total. The Morgan fingerprint density at radius 3 is 1.56 bits per heavy atom. The summed E-state index contributed by atoms with van der Waals surface area (Å²) < 4.78 is 13.4. The summed E-state index contributed by atoms with van der Waals surface area (Å²) in [5.41, 5.74) is -0.717. The van der Waals surface area contributed by atoms with Crippen molar-refractivity contribution in [2.45, 2.75) is 162 Å². The van der Waals surface area contributed by atoms with Gasteiger partial charge in [-0.25, -0.2) is 0 Å². The zero-order valence-corrected chi connectivity index (χ0v) is 22.8. The molecule has 0 aromatic carbocycles. The highest BCUT2D eigenvalue weighted by Gasteiger charge is 2.60. The highest BCUT2D eigenvalue weighted by molar-refractivity contribution is 5.07. The second-order valence-corrected chi connectivity index (χ2v) is 10.8. The third-order valence-electron chi connectivity index (χ3n) is 8.38. The van der Waals surface area contributed by atoms with E-state index in [1.165, 1.54) is 64.2 Å². The minimum atomic E-state index is -0.623. The van der Waals surface area contributed by atoms with Gasteiger partial charge in [-0.1, -0.05) is 98.8 Å². The second-order valence-electron chi connectivity index (χ2n) is 10.8. The highest BCUT2D eigenvalue weighted by Crippen LogP contribution is 2.51. The van der Waals surface area contributed by atoms with E-state index < -0.39 is 5.79 Å². The molecule has 3 unspecified atom stereocenters. The maximum absolute atomic E-state index is 11.3. The first-order chi connectivity index (χ1) is 15.3. The average Bonchev–Trinajstić information content (AvgIpc) is 2.80. The molecule has 1 aliphatic heterocycles. The van der Waals surface area contributed by atoms with Crippen molar-refractivity contribution in [3.63, 3.8) is 0 Å². The SMILES string of the molecule is CCCCCCCCOC1(OCCCCCCCC)CC(C)(CC)N(O)C(C)(CC)C1C. The van der Waals surface area contributed by atoms with Gasteiger partial charge in [-0.2, -0.15) is 5.06 Å². The van der Waals surface area contributed by atoms with Gasteiger partial charge in [0.1, 0.15) is 0 Å². The Bertz CT molecular complexity index is 467. The number of unbranched alkanes of at least 4 members (excludes halogenated alkanes) is 10. The molecule has 0 aromatic heterocycles. The highest BCUT2D eigenvalue weighted by atomic mass is 16.7. The van der Waals surface area contributed by atoms with Crippen LogP contribution in [0, 0.1) is 5.92 Å². The molecule has 0 amide bonds. The molecule has 1 saturated heterocycles. The van der Waals surface area contributed by atoms with E-state index in [1.54, 1.807) is 5.06 Å². The Hall–Kier alpha value is -0.160. The molecule has 3 atom stereocenters. The van der Waals surface area contributed by atoms with E-state index in [0.717, 1.165) is 45.3 Å². The van der Waals surface area contributed by atoms with E-state index >= 15 is 0 Å². The van der Waals surface area contributed by atoms with E-state index in [9.17, 15) is 5.21 Å². The third kappa shape index (κ3) is 7.96. The lowest BCUT2D eigenvalue weighted by atomic mass is 9.67. The van der Waals surface area contributed by atoms with Gasteiger partial charge in [0.05, 0.1) is 18.8 Å². The molecule has 4 heteroatoms. The summed E-state index contributed by atoms with van der Waals surface area (Å²) in [6.07, 6.45) is 17.6. The maximum Gasteiger partial charge on any atom is 0.174 e. The van der Waals surface area contributed by atoms with Gasteiger partial charge >= 0.3 is 0 Å². The lowest BCUT2D eigenvalue weighted by Gasteiger charge is -2.61. The van der Waals surface area contributed by atoms with Crippen LogP contribution in [0.15, 0.2) is 0 Å². The molecule has 0 bridgehead atoms. The summed E-state index contributed by atoms with van der Waals surface area (Å²) in [6, 6.07) is 0. The molecule has 1 rings (SSSR count). The lowest BCUT2D eigenvalue weighted by molar-refractivity contribution is -0.375. The normalized spacial score (nSPS) is 28.3. The van der Waals surface area contributed by atoms with E-state index in [-0.39, 0.29) is 17.0 Å². The van der Waals surface area contributed by atoms with Gasteiger partial charge in [-0.05, 0) is 39.5 Å². The monoisotopic (exact) mass is 455 g/mol. The summed E-state index contributed by atoms with van der Waals surface area (Å²) in [5.74, 6) is -0.536. The first-order valence-corrected chi connectivity index (χ1v) is 14.0. The van der Waals surface area contributed by atoms with Crippen LogP contribution in [0.5, 0.6) is 0 Å². The summed E-state index contributed by atoms with van der Waals surface area (Å²) in [7, 11) is 0. The Morgan fingerprint density at radius 1 is 0.719 bits per heavy atom. The number of rotatable bonds is 18. The van der Waals surface area contributed by atoms with Crippen LogP contribution in [0.4, 0.5) is 0 Å². The minimum absolute atomic E-state index is 0.0878. The first kappa shape index (κ1) is 29.9. The fraction of sp³-hybridized carbons (Fsp3) is 1.00. The molecule has 0 radical (unpaired) electrons. The van der Waals surface area contributed by atoms with Crippen molar-refractivity contribution in [1.82, 2.24) is 5.06 Å². The van der Waals surface area contributed by atoms with E-state index in [2.05, 4.69) is 48.5 Å². The van der Waals surface area contributed by atoms with Gasteiger partial charge in [-0.3, -0.25) is 0 Å². The van der Waals surface area contributed by atoms with Gasteiger partial charge in [0.25, 0.3) is 0 Å². The van der Waals surface area contributed by atoms with Crippen molar-refractivity contribution >= 4 is 0 Å². The summed E-state index contributed by atoms with van der Waals surface area (Å²) in [4.78, 5) is 0. The number of piperidine rings is 1. The second kappa shape index (κ2) is 15.0. The molecule has 1 aliphatic rings. The van der Waals surface area contributed by atoms with Crippen LogP contribution >= 0.6 is 0 Å². The number of hydrogen-bond donors (Lipinski definition) is 1. The van der Waals surface area contributed by atoms with Crippen molar-refractivity contribution in [3.05, 3.63) is 0 Å². The first-order valence-electron chi connectivity index (χ1n) is 14.0. The molecular weight excluding hydrogens is 398 g/mol. The molecular formula is C28H57NO3. The van der Waals surface area contributed by atoms with E-state index in [4.69, 9.17) is 9.47 Å². The summed E-state index contributed by atoms with van der Waals surface area (Å²) in [6.45, 7) is 16.9. The molecule has 0 aliphatic carbocycles. The summed E-state index contributed by atoms with van der Waals surface area (Å²) in [5, 5.41) is 12.9. The number of hydroxylamine groups is 2. The molecule has 0 saturated carbocycles. The number of nitrogens with zero attached hydrogens (tertiary/aromatic N) is 1. The molecule has 0 aromatic rings. The Morgan fingerprint density at radius 2 is 1.16 bits per heavy atom. The van der Waals surface area contributed by atoms with Crippen LogP contribution in [0.2, 0.25) is 0 Å². The van der Waals surface area contributed by atoms with Crippen molar-refractivity contribution < 1.29 is 14.7 Å². The zero-order valence-electron chi connectivity index (χ0n) is 22.8. The van der Waals surface area contributed by atoms with Crippen molar-refractivity contribution in [3.8, 4) is 0 Å². The van der Waals surface area contributed by atoms with Gasteiger partial charge < -0.3 is 14.7 Å². The Kier molecular flexibility index (Phi) is 14.0. The molecule has 1 N–H and O–H groups in total. The summed E-state index contributed by atoms with van der Waals surface area (Å²) >= 11 is 0. The van der Waals surface area contributed by atoms with E-state index in [1.807, 2.05) is 0 Å². The smallest absolute Gasteiger partial charge is 0.174 e. The zero-order chi connectivity index (χ0) is 24.1. The van der Waals surface area contributed by atoms with Crippen molar-refractivity contribution in [2.75, 3.05) is 13.2 Å². The molecule has 0 spiro atoms. The van der Waals surface area contributed by atoms with Crippen LogP contribution in [0.25, 0.3) is 0 Å². The van der Waals surface area contributed by atoms with Crippen molar-refractivity contribution in [2.24, 2.45) is 5.92 Å². The standard InChI is InChI=1S/C28H57NO3/c1-8-12-14-16-18-20-22-31-28(32-23-21-19-17-15-13-9-2)24-26(6,10-3)29(30)27(7,11-4)25(28)5/h25,30H,8-24H2,1-7H3. The number of hydrogen-bond acceptors (Lipinski definition) is 4. The molecule has 1 heterocycles. The quantitative estimate of drug-likeness (QED) is 0.166. The maximum atomic E-state index is 11.3. The van der Waals surface area contributed by atoms with Crippen molar-refractivity contribution in [1.29, 1.82) is 0 Å². The fourth-order valence-electron chi connectivity index (χ4n) is 5.41. The minimum Gasteiger partial charge on any atom is -0.349 e. The van der Waals surface area contributed by atoms with Crippen LogP contribution in [0.1, 0.15) is 145 Å². The van der Waals surface area contributed by atoms with Crippen LogP contribution in [0.3, 0.4) is 0 Å². The van der Waals surface area contributed by atoms with Gasteiger partial charge in [0.2, 0.25) is 0 Å². The fourth-order valence-corrected chi connectivity index (χ4v) is 5.41. The van der Waals surface area contributed by atoms with Crippen LogP contribution < -0.4 is 0 Å². The molecule has 32 heavy (non-hydrogen) atoms. The van der Waals surface area contributed by atoms with Gasteiger partial charge in [0, 0.05) is 17.9 Å². The van der Waals surface area contributed by atoms with Gasteiger partial charge in [-0.15, -0.1) is 0 Å². The molecule has 1 fully saturated rings. The largest absolute Gasteiger partial charge is 0.349 e. The number of ether oxygens (including phenoxy) is 2. The van der Waals surface area contributed by atoms with Crippen LogP contribution in [-0.2, 0) is 9.47 Å². The van der Waals surface area contributed by atoms with E-state index in [0.29, 0.717) is 0 Å². The van der Waals surface area contributed by atoms with Gasteiger partial charge in [0.15, 0.2) is 5.79 Å². The molecule has 192 valence electrons. The Balaban J connectivity index is 2.86. The predicted molar refractivity (Wildman–Crippen MR) is 136 cm³/mol. The van der Waals surface area contributed by atoms with Crippen LogP contribution in [-0.4, -0.2) is 40.3 Å². The topological polar surface area (TPSA) is 41.9 Å². The average molecular weight is 456 g/mol. The predicted octanol–water partition coefficient (Wildman–Crippen LogP) is 8.51.